The number of carbonyl (C=O) groups excluding carboxylic acids is 8. The summed E-state index contributed by atoms with van der Waals surface area (Å²) >= 11 is 0. The maximum absolute atomic E-state index is 14.7. The molecule has 2 aromatic carbocycles. The molecule has 0 aliphatic carbocycles. The van der Waals surface area contributed by atoms with Crippen LogP contribution < -0.4 is 54.4 Å². The van der Waals surface area contributed by atoms with E-state index in [9.17, 15) is 38.4 Å². The number of primary amides is 1. The minimum absolute atomic E-state index is 0.0248. The van der Waals surface area contributed by atoms with Crippen molar-refractivity contribution in [2.24, 2.45) is 22.2 Å². The van der Waals surface area contributed by atoms with Gasteiger partial charge in [-0.3, -0.25) is 43.3 Å². The summed E-state index contributed by atoms with van der Waals surface area (Å²) < 4.78 is 0. The number of aromatic nitrogens is 3. The first-order valence-electron chi connectivity index (χ1n) is 25.7. The number of para-hydroxylation sites is 1. The van der Waals surface area contributed by atoms with E-state index in [0.717, 1.165) is 49.4 Å². The molecule has 0 bridgehead atoms. The van der Waals surface area contributed by atoms with Gasteiger partial charge in [-0.2, -0.15) is 0 Å². The van der Waals surface area contributed by atoms with Crippen LogP contribution in [0.1, 0.15) is 114 Å². The number of nitrogens with zero attached hydrogens (tertiary/aromatic N) is 2. The van der Waals surface area contributed by atoms with Crippen molar-refractivity contribution in [1.29, 1.82) is 0 Å². The maximum Gasteiger partial charge on any atom is 0.243 e. The highest BCUT2D eigenvalue weighted by Crippen LogP contribution is 2.20. The number of imidazole rings is 1. The molecule has 74 heavy (non-hydrogen) atoms. The molecule has 1 unspecified atom stereocenters. The number of aliphatic imine (C=N–C) groups is 1. The molecule has 0 saturated carbocycles. The summed E-state index contributed by atoms with van der Waals surface area (Å²) in [6.45, 7) is 2.33. The molecule has 1 aliphatic heterocycles. The Morgan fingerprint density at radius 2 is 1.32 bits per heavy atom. The third-order valence-electron chi connectivity index (χ3n) is 12.8. The number of carbonyl (C=O) groups is 8. The third-order valence-corrected chi connectivity index (χ3v) is 12.8. The molecule has 0 spiro atoms. The average molecular weight is 1020 g/mol. The zero-order chi connectivity index (χ0) is 53.2. The molecule has 6 atom stereocenters. The molecular weight excluding hydrogens is 949 g/mol. The first-order chi connectivity index (χ1) is 35.7. The second kappa shape index (κ2) is 30.3. The van der Waals surface area contributed by atoms with Crippen molar-refractivity contribution in [1.82, 2.24) is 52.2 Å². The summed E-state index contributed by atoms with van der Waals surface area (Å²) in [5, 5.41) is 20.1. The maximum atomic E-state index is 14.7. The second-order valence-electron chi connectivity index (χ2n) is 18.7. The van der Waals surface area contributed by atoms with Gasteiger partial charge in [0.2, 0.25) is 47.3 Å². The smallest absolute Gasteiger partial charge is 0.243 e. The lowest BCUT2D eigenvalue weighted by Gasteiger charge is -2.27. The Morgan fingerprint density at radius 1 is 0.689 bits per heavy atom. The van der Waals surface area contributed by atoms with E-state index in [-0.39, 0.29) is 64.0 Å². The first kappa shape index (κ1) is 57.1. The normalized spacial score (nSPS) is 21.0. The lowest BCUT2D eigenvalue weighted by Crippen LogP contribution is -2.60. The number of nitrogens with two attached hydrogens (primary N) is 3. The van der Waals surface area contributed by atoms with Crippen LogP contribution in [0, 0.1) is 0 Å². The van der Waals surface area contributed by atoms with E-state index in [4.69, 9.17) is 17.2 Å². The lowest BCUT2D eigenvalue weighted by molar-refractivity contribution is -0.136. The molecule has 5 rings (SSSR count). The van der Waals surface area contributed by atoms with Crippen LogP contribution in [-0.4, -0.2) is 118 Å². The summed E-state index contributed by atoms with van der Waals surface area (Å²) in [4.78, 5) is 126. The first-order valence-corrected chi connectivity index (χ1v) is 25.7. The van der Waals surface area contributed by atoms with Crippen LogP contribution in [0.5, 0.6) is 0 Å². The number of hydrogen-bond donors (Lipinski definition) is 12. The van der Waals surface area contributed by atoms with Crippen molar-refractivity contribution in [3.05, 3.63) is 90.1 Å². The van der Waals surface area contributed by atoms with E-state index in [1.165, 1.54) is 12.5 Å². The fraction of sp³-hybridized carbons (Fsp3) is 0.500. The second-order valence-corrected chi connectivity index (χ2v) is 18.7. The van der Waals surface area contributed by atoms with Gasteiger partial charge in [0.1, 0.15) is 36.3 Å². The molecule has 22 nitrogen and oxygen atoms in total. The van der Waals surface area contributed by atoms with Crippen LogP contribution in [-0.2, 0) is 57.6 Å². The zero-order valence-corrected chi connectivity index (χ0v) is 42.2. The van der Waals surface area contributed by atoms with Crippen molar-refractivity contribution in [2.75, 3.05) is 13.1 Å². The monoisotopic (exact) mass is 1020 g/mol. The van der Waals surface area contributed by atoms with E-state index in [2.05, 4.69) is 64.1 Å². The van der Waals surface area contributed by atoms with Gasteiger partial charge in [-0.15, -0.1) is 0 Å². The van der Waals surface area contributed by atoms with Crippen LogP contribution in [0.15, 0.2) is 78.3 Å². The molecule has 1 saturated heterocycles. The Morgan fingerprint density at radius 3 is 2.03 bits per heavy atom. The van der Waals surface area contributed by atoms with Gasteiger partial charge in [0.05, 0.1) is 12.7 Å². The zero-order valence-electron chi connectivity index (χ0n) is 42.2. The molecule has 3 heterocycles. The molecule has 8 amide bonds. The Kier molecular flexibility index (Phi) is 23.4. The Hall–Kier alpha value is -7.78. The average Bonchev–Trinajstić information content (AvgIpc) is 4.05. The van der Waals surface area contributed by atoms with Crippen molar-refractivity contribution < 1.29 is 38.4 Å². The van der Waals surface area contributed by atoms with Crippen molar-refractivity contribution in [2.45, 2.75) is 152 Å². The highest BCUT2D eigenvalue weighted by molar-refractivity contribution is 5.98. The SMILES string of the molecule is CCCCCCCCCC(=O)NC1CC(=O)NCCCC[C@@H](C(N)=O)NC(=O)[C@H](Cc2c[nH]c3ccccc23)NC(=O)[C@@H](CCCN=C(N)N)NC(=O)[C@H](Cc2ccccc2)NC(=O)[C@@H](Cc2cnc[nH]2)NC1=O. The molecule has 1 aliphatic rings. The predicted molar refractivity (Wildman–Crippen MR) is 279 cm³/mol. The van der Waals surface area contributed by atoms with Gasteiger partial charge in [0.15, 0.2) is 5.96 Å². The van der Waals surface area contributed by atoms with Gasteiger partial charge < -0.3 is 64.4 Å². The van der Waals surface area contributed by atoms with Crippen LogP contribution in [0.4, 0.5) is 0 Å². The minimum atomic E-state index is -1.40. The fourth-order valence-corrected chi connectivity index (χ4v) is 8.71. The summed E-state index contributed by atoms with van der Waals surface area (Å²) in [6, 6.07) is 8.28. The predicted octanol–water partition coefficient (Wildman–Crippen LogP) is 1.20. The molecule has 4 aromatic rings. The van der Waals surface area contributed by atoms with E-state index < -0.39 is 89.9 Å². The number of amides is 8. The van der Waals surface area contributed by atoms with Gasteiger partial charge in [-0.05, 0) is 55.7 Å². The van der Waals surface area contributed by atoms with Gasteiger partial charge >= 0.3 is 0 Å². The fourth-order valence-electron chi connectivity index (χ4n) is 8.71. The Labute approximate surface area is 431 Å². The standard InChI is InChI=1S/C52H74N14O8/c1-2-3-4-5-6-7-11-23-44(67)61-43-29-45(68)57-24-15-14-21-38(46(53)69)62-49(72)41(27-34-30-59-37-20-13-12-19-36(34)37)65-47(70)39(22-16-25-58-52(54)55)63-48(71)40(26-33-17-9-8-10-18-33)64-50(73)42(66-51(43)74)28-35-31-56-32-60-35/h8-10,12-13,17-20,30-32,38-43,59H,2-7,11,14-16,21-29H2,1H3,(H2,53,69)(H,56,60)(H,57,68)(H,61,67)(H,62,72)(H,63,71)(H,64,73)(H,65,70)(H,66,74)(H4,54,55,58)/t38-,39+,40-,41-,42+,43?/m0/s1. The summed E-state index contributed by atoms with van der Waals surface area (Å²) in [6.07, 6.45) is 11.6. The van der Waals surface area contributed by atoms with E-state index >= 15 is 0 Å². The lowest BCUT2D eigenvalue weighted by atomic mass is 10.0. The molecule has 1 fully saturated rings. The molecule has 2 aromatic heterocycles. The quantitative estimate of drug-likeness (QED) is 0.0339. The number of benzene rings is 2. The number of rotatable bonds is 20. The summed E-state index contributed by atoms with van der Waals surface area (Å²) in [5.74, 6) is -5.92. The number of unbranched alkanes of at least 4 members (excludes halogenated alkanes) is 6. The Bertz CT molecular complexity index is 2490. The third kappa shape index (κ3) is 19.3. The van der Waals surface area contributed by atoms with Gasteiger partial charge in [-0.1, -0.05) is 94.0 Å². The highest BCUT2D eigenvalue weighted by Gasteiger charge is 2.35. The molecule has 15 N–H and O–H groups in total. The van der Waals surface area contributed by atoms with Crippen LogP contribution in [0.25, 0.3) is 10.9 Å². The highest BCUT2D eigenvalue weighted by atomic mass is 16.2. The summed E-state index contributed by atoms with van der Waals surface area (Å²) in [7, 11) is 0. The molecular formula is C52H74N14O8. The van der Waals surface area contributed by atoms with Crippen molar-refractivity contribution in [3.8, 4) is 0 Å². The number of hydrogen-bond acceptors (Lipinski definition) is 10. The molecule has 22 heteroatoms. The largest absolute Gasteiger partial charge is 0.370 e. The topological polar surface area (TPSA) is 356 Å². The van der Waals surface area contributed by atoms with Crippen molar-refractivity contribution >= 4 is 64.1 Å². The van der Waals surface area contributed by atoms with Gasteiger partial charge in [-0.25, -0.2) is 4.98 Å². The molecule has 0 radical (unpaired) electrons. The minimum Gasteiger partial charge on any atom is -0.370 e. The van der Waals surface area contributed by atoms with E-state index in [1.54, 1.807) is 36.5 Å². The van der Waals surface area contributed by atoms with Crippen LogP contribution >= 0.6 is 0 Å². The van der Waals surface area contributed by atoms with Crippen molar-refractivity contribution in [3.63, 3.8) is 0 Å². The number of nitrogens with one attached hydrogen (secondary N) is 9. The van der Waals surface area contributed by atoms with E-state index in [0.29, 0.717) is 36.1 Å². The number of aromatic amines is 2. The van der Waals surface area contributed by atoms with Crippen LogP contribution in [0.2, 0.25) is 0 Å². The van der Waals surface area contributed by atoms with Crippen LogP contribution in [0.3, 0.4) is 0 Å². The summed E-state index contributed by atoms with van der Waals surface area (Å²) in [5.41, 5.74) is 19.5. The number of guanidine groups is 1. The van der Waals surface area contributed by atoms with Gasteiger partial charge in [0, 0.05) is 67.8 Å². The van der Waals surface area contributed by atoms with E-state index in [1.807, 2.05) is 24.3 Å². The number of H-pyrrole nitrogens is 2. The Balaban J connectivity index is 1.50. The number of fused-ring (bicyclic) bond motifs is 1. The molecule has 400 valence electrons. The van der Waals surface area contributed by atoms with Gasteiger partial charge in [0.25, 0.3) is 0 Å².